The molecule has 2 rings (SSSR count). The number of nitrogens with two attached hydrogens (primary N) is 1. The summed E-state index contributed by atoms with van der Waals surface area (Å²) in [5.41, 5.74) is 4.18. The van der Waals surface area contributed by atoms with Gasteiger partial charge in [0.15, 0.2) is 0 Å². The largest absolute Gasteiger partial charge is 0.493 e. The third-order valence-corrected chi connectivity index (χ3v) is 6.34. The topological polar surface area (TPSA) is 108 Å². The molecule has 0 bridgehead atoms. The monoisotopic (exact) mass is 495 g/mol. The minimum atomic E-state index is -4.59. The van der Waals surface area contributed by atoms with Crippen molar-refractivity contribution in [1.82, 2.24) is 10.2 Å². The van der Waals surface area contributed by atoms with Crippen LogP contribution in [0.15, 0.2) is 18.2 Å². The fourth-order valence-electron chi connectivity index (χ4n) is 2.92. The van der Waals surface area contributed by atoms with Gasteiger partial charge >= 0.3 is 14.4 Å². The first-order valence-electron chi connectivity index (χ1n) is 10.4. The predicted molar refractivity (Wildman–Crippen MR) is 118 cm³/mol. The molecule has 0 saturated heterocycles. The lowest BCUT2D eigenvalue weighted by molar-refractivity contribution is -0.138. The summed E-state index contributed by atoms with van der Waals surface area (Å²) in [5, 5.41) is 8.37. The molecule has 7 nitrogen and oxygen atoms in total. The van der Waals surface area contributed by atoms with E-state index in [0.717, 1.165) is 49.5 Å². The molecule has 32 heavy (non-hydrogen) atoms. The van der Waals surface area contributed by atoms with Crippen LogP contribution in [0.1, 0.15) is 62.9 Å². The van der Waals surface area contributed by atoms with Gasteiger partial charge in [-0.05, 0) is 31.5 Å². The number of rotatable bonds is 13. The molecule has 1 heterocycles. The van der Waals surface area contributed by atoms with E-state index in [1.807, 2.05) is 0 Å². The van der Waals surface area contributed by atoms with E-state index in [4.69, 9.17) is 15.4 Å². The summed E-state index contributed by atoms with van der Waals surface area (Å²) in [5.74, 6) is -0.218. The van der Waals surface area contributed by atoms with E-state index in [-0.39, 0.29) is 34.5 Å². The highest BCUT2D eigenvalue weighted by atomic mass is 32.1. The molecule has 12 heteroatoms. The molecule has 1 unspecified atom stereocenters. The number of unbranched alkanes of at least 4 members (excludes halogenated alkanes) is 5. The molecule has 0 aliphatic carbocycles. The first kappa shape index (κ1) is 26.7. The zero-order valence-corrected chi connectivity index (χ0v) is 19.9. The first-order valence-corrected chi connectivity index (χ1v) is 12.5. The van der Waals surface area contributed by atoms with Crippen molar-refractivity contribution < 1.29 is 31.9 Å². The molecule has 0 fully saturated rings. The molecule has 180 valence electrons. The minimum absolute atomic E-state index is 0.218. The average Bonchev–Trinajstić information content (AvgIpc) is 3.22. The van der Waals surface area contributed by atoms with Crippen LogP contribution < -0.4 is 10.5 Å². The Morgan fingerprint density at radius 3 is 2.50 bits per heavy atom. The molecule has 0 aliphatic heterocycles. The fourth-order valence-corrected chi connectivity index (χ4v) is 4.23. The molecule has 0 amide bonds. The lowest BCUT2D eigenvalue weighted by Gasteiger charge is -2.19. The maximum atomic E-state index is 13.6. The highest BCUT2D eigenvalue weighted by Gasteiger charge is 2.35. The Morgan fingerprint density at radius 2 is 1.84 bits per heavy atom. The maximum absolute atomic E-state index is 13.6. The molecule has 1 aromatic heterocycles. The Hall–Kier alpha value is -1.52. The molecule has 0 aliphatic rings. The van der Waals surface area contributed by atoms with E-state index in [1.165, 1.54) is 19.1 Å². The number of hydrogen-bond donors (Lipinski definition) is 2. The van der Waals surface area contributed by atoms with Crippen molar-refractivity contribution in [2.75, 3.05) is 13.2 Å². The van der Waals surface area contributed by atoms with E-state index in [1.54, 1.807) is 0 Å². The van der Waals surface area contributed by atoms with Crippen LogP contribution >= 0.6 is 19.6 Å². The summed E-state index contributed by atoms with van der Waals surface area (Å²) in [4.78, 5) is 8.82. The third-order valence-electron chi connectivity index (χ3n) is 4.70. The summed E-state index contributed by atoms with van der Waals surface area (Å²) in [6, 6.07) is 3.77. The van der Waals surface area contributed by atoms with Gasteiger partial charge < -0.3 is 19.9 Å². The fraction of sp³-hybridized carbons (Fsp3) is 0.600. The van der Waals surface area contributed by atoms with E-state index in [9.17, 15) is 17.7 Å². The van der Waals surface area contributed by atoms with Crippen LogP contribution in [0.4, 0.5) is 13.2 Å². The third kappa shape index (κ3) is 8.12. The van der Waals surface area contributed by atoms with Crippen molar-refractivity contribution in [3.05, 3.63) is 28.8 Å². The van der Waals surface area contributed by atoms with Gasteiger partial charge in [0.05, 0.1) is 24.3 Å². The second-order valence-corrected chi connectivity index (χ2v) is 9.51. The lowest BCUT2D eigenvalue weighted by atomic mass is 10.1. The van der Waals surface area contributed by atoms with Gasteiger partial charge in [0.1, 0.15) is 15.8 Å². The second kappa shape index (κ2) is 12.1. The van der Waals surface area contributed by atoms with E-state index >= 15 is 0 Å². The van der Waals surface area contributed by atoms with Crippen LogP contribution in [-0.2, 0) is 20.8 Å². The van der Waals surface area contributed by atoms with Crippen molar-refractivity contribution in [3.63, 3.8) is 0 Å². The Labute approximate surface area is 190 Å². The molecule has 1 aromatic carbocycles. The Kier molecular flexibility index (Phi) is 10.1. The summed E-state index contributed by atoms with van der Waals surface area (Å²) in [6.07, 6.45) is 1.48. The Balaban J connectivity index is 2.12. The number of alkyl halides is 3. The molecule has 0 saturated carbocycles. The van der Waals surface area contributed by atoms with Gasteiger partial charge in [-0.2, -0.15) is 13.2 Å². The average molecular weight is 496 g/mol. The van der Waals surface area contributed by atoms with Crippen LogP contribution in [0.3, 0.4) is 0 Å². The lowest BCUT2D eigenvalue weighted by Crippen LogP contribution is -2.37. The van der Waals surface area contributed by atoms with Crippen LogP contribution in [0.5, 0.6) is 5.75 Å². The minimum Gasteiger partial charge on any atom is -0.493 e. The van der Waals surface area contributed by atoms with Gasteiger partial charge in [0, 0.05) is 5.56 Å². The van der Waals surface area contributed by atoms with Crippen molar-refractivity contribution in [3.8, 4) is 16.3 Å². The standard InChI is InChI=1S/C20H29F3N3O4PS/c1-3-4-5-6-7-8-11-29-16-10-9-14(12-15(16)20(21,22)23)17-25-26-18(32-17)19(2,24)13-30-31(27)28/h9-10,12,31H,3-8,11,13,24H2,1-2H3,(H,27,28)/t19-/m0/s1. The van der Waals surface area contributed by atoms with Crippen molar-refractivity contribution in [2.24, 2.45) is 5.73 Å². The van der Waals surface area contributed by atoms with Crippen LogP contribution in [0, 0.1) is 0 Å². The molecule has 2 aromatic rings. The van der Waals surface area contributed by atoms with Crippen LogP contribution in [0.2, 0.25) is 0 Å². The highest BCUT2D eigenvalue weighted by molar-refractivity contribution is 7.32. The number of aromatic nitrogens is 2. The zero-order chi connectivity index (χ0) is 23.8. The van der Waals surface area contributed by atoms with E-state index in [0.29, 0.717) is 6.42 Å². The molecular weight excluding hydrogens is 466 g/mol. The van der Waals surface area contributed by atoms with E-state index in [2.05, 4.69) is 21.6 Å². The van der Waals surface area contributed by atoms with Crippen LogP contribution in [0.25, 0.3) is 10.6 Å². The molecular formula is C20H29F3N3O4PS. The van der Waals surface area contributed by atoms with Crippen molar-refractivity contribution in [1.29, 1.82) is 0 Å². The molecule has 0 radical (unpaired) electrons. The van der Waals surface area contributed by atoms with Crippen molar-refractivity contribution in [2.45, 2.75) is 64.1 Å². The number of ether oxygens (including phenoxy) is 1. The number of nitrogens with zero attached hydrogens (tertiary/aromatic N) is 2. The second-order valence-electron chi connectivity index (χ2n) is 7.71. The zero-order valence-electron chi connectivity index (χ0n) is 18.1. The van der Waals surface area contributed by atoms with E-state index < -0.39 is 25.5 Å². The van der Waals surface area contributed by atoms with Gasteiger partial charge in [-0.3, -0.25) is 4.57 Å². The molecule has 0 spiro atoms. The van der Waals surface area contributed by atoms with Gasteiger partial charge in [-0.15, -0.1) is 10.2 Å². The van der Waals surface area contributed by atoms with Gasteiger partial charge in [0.2, 0.25) is 0 Å². The van der Waals surface area contributed by atoms with Crippen LogP contribution in [-0.4, -0.2) is 28.3 Å². The summed E-state index contributed by atoms with van der Waals surface area (Å²) < 4.78 is 61.8. The summed E-state index contributed by atoms with van der Waals surface area (Å²) in [6.45, 7) is 3.59. The van der Waals surface area contributed by atoms with Gasteiger partial charge in [-0.25, -0.2) is 0 Å². The SMILES string of the molecule is CCCCCCCCOc1ccc(-c2nnc([C@@](C)(N)CO[PH](=O)O)s2)cc1C(F)(F)F. The quantitative estimate of drug-likeness (QED) is 0.278. The van der Waals surface area contributed by atoms with Gasteiger partial charge in [0.25, 0.3) is 0 Å². The normalized spacial score (nSPS) is 14.8. The predicted octanol–water partition coefficient (Wildman–Crippen LogP) is 5.54. The Bertz CT molecular complexity index is 893. The first-order chi connectivity index (χ1) is 15.0. The molecule has 2 atom stereocenters. The summed E-state index contributed by atoms with van der Waals surface area (Å²) >= 11 is 0.993. The number of halogens is 3. The number of hydrogen-bond acceptors (Lipinski definition) is 7. The summed E-state index contributed by atoms with van der Waals surface area (Å²) in [7, 11) is -3.17. The number of benzene rings is 1. The maximum Gasteiger partial charge on any atom is 0.419 e. The highest BCUT2D eigenvalue weighted by Crippen LogP contribution is 2.40. The Morgan fingerprint density at radius 1 is 1.16 bits per heavy atom. The van der Waals surface area contributed by atoms with Crippen molar-refractivity contribution >= 4 is 19.6 Å². The van der Waals surface area contributed by atoms with Gasteiger partial charge in [-0.1, -0.05) is 50.4 Å². The smallest absolute Gasteiger partial charge is 0.419 e. The molecule has 3 N–H and O–H groups in total.